The van der Waals surface area contributed by atoms with Gasteiger partial charge in [-0.25, -0.2) is 15.0 Å². The van der Waals surface area contributed by atoms with Crippen molar-refractivity contribution in [2.45, 2.75) is 58.0 Å². The molecule has 9 nitrogen and oxygen atoms in total. The molecule has 0 fully saturated rings. The van der Waals surface area contributed by atoms with E-state index < -0.39 is 29.4 Å². The Bertz CT molecular complexity index is 1830. The second-order valence-corrected chi connectivity index (χ2v) is 11.3. The van der Waals surface area contributed by atoms with Crippen LogP contribution in [0.1, 0.15) is 66.1 Å². The first kappa shape index (κ1) is 40.0. The predicted molar refractivity (Wildman–Crippen MR) is 173 cm³/mol. The van der Waals surface area contributed by atoms with Gasteiger partial charge in [-0.1, -0.05) is 19.9 Å². The van der Waals surface area contributed by atoms with Crippen LogP contribution < -0.4 is 14.4 Å². The van der Waals surface area contributed by atoms with E-state index in [-0.39, 0.29) is 113 Å². The van der Waals surface area contributed by atoms with E-state index in [4.69, 9.17) is 14.6 Å². The van der Waals surface area contributed by atoms with Crippen molar-refractivity contribution in [2.24, 2.45) is 0 Å². The summed E-state index contributed by atoms with van der Waals surface area (Å²) in [4.78, 5) is 25.4. The summed E-state index contributed by atoms with van der Waals surface area (Å²) in [6.07, 6.45) is -6.92. The average molecular weight is 712 g/mol. The first-order valence-electron chi connectivity index (χ1n) is 14.9. The number of benzene rings is 2. The van der Waals surface area contributed by atoms with Crippen molar-refractivity contribution < 1.29 is 45.7 Å². The number of carbonyl (C=O) groups is 1. The molecule has 4 aromatic rings. The second-order valence-electron chi connectivity index (χ2n) is 11.3. The molecule has 2 aromatic heterocycles. The van der Waals surface area contributed by atoms with Crippen LogP contribution >= 0.6 is 0 Å². The quantitative estimate of drug-likeness (QED) is 0.0860. The third-order valence-corrected chi connectivity index (χ3v) is 7.26. The number of aromatic nitrogens is 3. The number of rotatable bonds is 13. The van der Waals surface area contributed by atoms with Crippen LogP contribution in [0.15, 0.2) is 60.9 Å². The molecule has 1 N–H and O–H groups in total. The third-order valence-electron chi connectivity index (χ3n) is 7.26. The molecule has 0 atom stereocenters. The van der Waals surface area contributed by atoms with E-state index in [1.165, 1.54) is 36.5 Å². The van der Waals surface area contributed by atoms with Crippen LogP contribution in [0.2, 0.25) is 0 Å². The number of hydrogen-bond acceptors (Lipinski definition) is 8. The summed E-state index contributed by atoms with van der Waals surface area (Å²) in [6.45, 7) is 3.15. The summed E-state index contributed by atoms with van der Waals surface area (Å²) in [6, 6.07) is 11.0. The first-order chi connectivity index (χ1) is 23.1. The van der Waals surface area contributed by atoms with Gasteiger partial charge in [0.15, 0.2) is 5.75 Å². The molecule has 0 radical (unpaired) electrons. The van der Waals surface area contributed by atoms with Gasteiger partial charge in [0, 0.05) is 30.8 Å². The van der Waals surface area contributed by atoms with Crippen LogP contribution in [-0.2, 0) is 30.2 Å². The standard InChI is InChI=1S/C34H31F6N5O4.Na.H/c1-20(2)28-8-9-29(48-3)31(44-28)27-7-6-24(33(35,36)37)14-23(27)19-45(18-22-11-21(15-41)12-25(13-22)34(38,39)40)32-42-16-26(17-43-32)49-10-4-5-30(46)47;;/h6-9,11-14,16-17,20H,4-5,10,18-19H2,1-3H3,(H,46,47);;. The van der Waals surface area contributed by atoms with Gasteiger partial charge < -0.3 is 19.5 Å². The van der Waals surface area contributed by atoms with Crippen LogP contribution in [0.25, 0.3) is 11.3 Å². The molecule has 0 unspecified atom stereocenters. The van der Waals surface area contributed by atoms with E-state index in [0.717, 1.165) is 18.2 Å². The molecule has 0 saturated carbocycles. The fourth-order valence-electron chi connectivity index (χ4n) is 4.87. The van der Waals surface area contributed by atoms with Crippen molar-refractivity contribution in [1.29, 1.82) is 5.26 Å². The van der Waals surface area contributed by atoms with Crippen LogP contribution in [0.4, 0.5) is 32.3 Å². The zero-order valence-electron chi connectivity index (χ0n) is 26.6. The number of aliphatic carboxylic acids is 1. The van der Waals surface area contributed by atoms with E-state index in [1.54, 1.807) is 18.2 Å². The van der Waals surface area contributed by atoms with Gasteiger partial charge in [-0.05, 0) is 65.9 Å². The molecule has 2 aromatic carbocycles. The number of nitrogens with zero attached hydrogens (tertiary/aromatic N) is 5. The summed E-state index contributed by atoms with van der Waals surface area (Å²) in [5.41, 5.74) is -1.02. The number of carboxylic acids is 1. The second kappa shape index (κ2) is 17.0. The summed E-state index contributed by atoms with van der Waals surface area (Å²) in [5.74, 6) is -0.661. The predicted octanol–water partition coefficient (Wildman–Crippen LogP) is 7.38. The number of alkyl halides is 6. The topological polar surface area (TPSA) is 121 Å². The van der Waals surface area contributed by atoms with Crippen molar-refractivity contribution in [2.75, 3.05) is 18.6 Å². The van der Waals surface area contributed by atoms with Crippen molar-refractivity contribution in [3.05, 3.63) is 94.4 Å². The number of ether oxygens (including phenoxy) is 2. The zero-order valence-corrected chi connectivity index (χ0v) is 26.6. The van der Waals surface area contributed by atoms with Crippen molar-refractivity contribution in [3.8, 4) is 28.8 Å². The molecular formula is C34H32F6N5NaO4. The fraction of sp³-hybridized carbons (Fsp3) is 0.324. The summed E-state index contributed by atoms with van der Waals surface area (Å²) in [7, 11) is 1.39. The molecule has 4 rings (SSSR count). The van der Waals surface area contributed by atoms with E-state index in [2.05, 4.69) is 15.0 Å². The number of carboxylic acid groups (broad SMARTS) is 1. The maximum atomic E-state index is 14.0. The zero-order chi connectivity index (χ0) is 35.9. The third kappa shape index (κ3) is 10.6. The molecule has 0 amide bonds. The van der Waals surface area contributed by atoms with Crippen LogP contribution in [0.5, 0.6) is 11.5 Å². The van der Waals surface area contributed by atoms with E-state index in [1.807, 2.05) is 13.8 Å². The molecule has 0 bridgehead atoms. The van der Waals surface area contributed by atoms with Crippen molar-refractivity contribution in [3.63, 3.8) is 0 Å². The normalized spacial score (nSPS) is 11.5. The van der Waals surface area contributed by atoms with Gasteiger partial charge in [-0.2, -0.15) is 31.6 Å². The van der Waals surface area contributed by atoms with Crippen molar-refractivity contribution in [1.82, 2.24) is 15.0 Å². The Morgan fingerprint density at radius 1 is 0.960 bits per heavy atom. The summed E-state index contributed by atoms with van der Waals surface area (Å²) >= 11 is 0. The van der Waals surface area contributed by atoms with Crippen LogP contribution in [-0.4, -0.2) is 69.3 Å². The average Bonchev–Trinajstić information content (AvgIpc) is 3.05. The van der Waals surface area contributed by atoms with E-state index >= 15 is 0 Å². The van der Waals surface area contributed by atoms with Gasteiger partial charge in [-0.15, -0.1) is 0 Å². The molecule has 0 spiro atoms. The number of methoxy groups -OCH3 is 1. The van der Waals surface area contributed by atoms with Gasteiger partial charge in [-0.3, -0.25) is 4.79 Å². The number of pyridine rings is 1. The number of anilines is 1. The Balaban J connectivity index is 0.00000676. The Morgan fingerprint density at radius 2 is 1.64 bits per heavy atom. The monoisotopic (exact) mass is 711 g/mol. The van der Waals surface area contributed by atoms with Gasteiger partial charge in [0.2, 0.25) is 5.95 Å². The first-order valence-corrected chi connectivity index (χ1v) is 14.9. The molecule has 0 aliphatic carbocycles. The minimum absolute atomic E-state index is 0. The van der Waals surface area contributed by atoms with Gasteiger partial charge in [0.1, 0.15) is 11.4 Å². The van der Waals surface area contributed by atoms with Crippen LogP contribution in [0, 0.1) is 11.3 Å². The maximum absolute atomic E-state index is 14.0. The number of hydrogen-bond donors (Lipinski definition) is 1. The molecule has 260 valence electrons. The molecule has 16 heteroatoms. The van der Waals surface area contributed by atoms with E-state index in [9.17, 15) is 36.4 Å². The molecule has 0 saturated heterocycles. The van der Waals surface area contributed by atoms with Gasteiger partial charge >= 0.3 is 47.9 Å². The van der Waals surface area contributed by atoms with Gasteiger partial charge in [0.25, 0.3) is 0 Å². The summed E-state index contributed by atoms with van der Waals surface area (Å²) < 4.78 is 94.3. The minimum atomic E-state index is -4.78. The fourth-order valence-corrected chi connectivity index (χ4v) is 4.87. The number of nitriles is 1. The Labute approximate surface area is 306 Å². The Hall–Kier alpha value is -4.39. The van der Waals surface area contributed by atoms with E-state index in [0.29, 0.717) is 11.8 Å². The molecule has 0 aliphatic rings. The van der Waals surface area contributed by atoms with Gasteiger partial charge in [0.05, 0.1) is 48.9 Å². The summed E-state index contributed by atoms with van der Waals surface area (Å²) in [5, 5.41) is 18.3. The SMILES string of the molecule is COc1ccc(C(C)C)nc1-c1ccc(C(F)(F)F)cc1CN(Cc1cc(C#N)cc(C(F)(F)F)c1)c1ncc(OCCCC(=O)O)cn1.[NaH]. The van der Waals surface area contributed by atoms with Crippen molar-refractivity contribution >= 4 is 41.5 Å². The van der Waals surface area contributed by atoms with Crippen LogP contribution in [0.3, 0.4) is 0 Å². The molecule has 0 aliphatic heterocycles. The Morgan fingerprint density at radius 3 is 2.22 bits per heavy atom. The molecule has 2 heterocycles. The molecule has 50 heavy (non-hydrogen) atoms. The number of halogens is 6. The Kier molecular flexibility index (Phi) is 13.6. The molecular weight excluding hydrogens is 679 g/mol.